The highest BCUT2D eigenvalue weighted by Crippen LogP contribution is 2.15. The van der Waals surface area contributed by atoms with Crippen molar-refractivity contribution in [1.29, 1.82) is 0 Å². The summed E-state index contributed by atoms with van der Waals surface area (Å²) in [5, 5.41) is 8.05. The average Bonchev–Trinajstić information content (AvgIpc) is 3.33. The predicted octanol–water partition coefficient (Wildman–Crippen LogP) is 3.09. The molecule has 4 aromatic rings. The van der Waals surface area contributed by atoms with E-state index in [0.717, 1.165) is 49.8 Å². The van der Waals surface area contributed by atoms with Crippen LogP contribution in [0.15, 0.2) is 72.1 Å². The second kappa shape index (κ2) is 8.61. The summed E-state index contributed by atoms with van der Waals surface area (Å²) in [7, 11) is 1.81. The van der Waals surface area contributed by atoms with Crippen molar-refractivity contribution in [3.8, 4) is 0 Å². The number of aliphatic imine (C=N–C) groups is 1. The molecule has 6 heteroatoms. The molecule has 0 saturated carbocycles. The van der Waals surface area contributed by atoms with E-state index in [1.54, 1.807) is 7.05 Å². The molecule has 0 aliphatic carbocycles. The molecule has 0 saturated heterocycles. The van der Waals surface area contributed by atoms with Crippen LogP contribution in [0, 0.1) is 0 Å². The Labute approximate surface area is 164 Å². The van der Waals surface area contributed by atoms with Crippen molar-refractivity contribution in [1.82, 2.24) is 24.6 Å². The molecular weight excluding hydrogens is 348 g/mol. The van der Waals surface area contributed by atoms with Crippen LogP contribution in [-0.4, -0.2) is 40.0 Å². The molecule has 1 aromatic carbocycles. The van der Waals surface area contributed by atoms with E-state index in [2.05, 4.69) is 67.9 Å². The van der Waals surface area contributed by atoms with Crippen LogP contribution in [-0.2, 0) is 13.0 Å². The maximum atomic E-state index is 4.62. The normalized spacial score (nSPS) is 12.0. The van der Waals surface area contributed by atoms with Gasteiger partial charge < -0.3 is 19.6 Å². The maximum absolute atomic E-state index is 4.62. The van der Waals surface area contributed by atoms with Crippen molar-refractivity contribution in [2.45, 2.75) is 19.4 Å². The molecule has 0 aliphatic heterocycles. The van der Waals surface area contributed by atoms with E-state index in [0.29, 0.717) is 0 Å². The van der Waals surface area contributed by atoms with Gasteiger partial charge in [-0.3, -0.25) is 4.99 Å². The summed E-state index contributed by atoms with van der Waals surface area (Å²) in [4.78, 5) is 8.93. The summed E-state index contributed by atoms with van der Waals surface area (Å²) in [5.41, 5.74) is 3.35. The van der Waals surface area contributed by atoms with Gasteiger partial charge in [-0.15, -0.1) is 0 Å². The lowest BCUT2D eigenvalue weighted by Crippen LogP contribution is -2.39. The summed E-state index contributed by atoms with van der Waals surface area (Å²) in [5.74, 6) is 0.834. The van der Waals surface area contributed by atoms with E-state index >= 15 is 0 Å². The van der Waals surface area contributed by atoms with Gasteiger partial charge in [0, 0.05) is 57.2 Å². The molecule has 0 radical (unpaired) electrons. The van der Waals surface area contributed by atoms with Crippen molar-refractivity contribution in [3.63, 3.8) is 0 Å². The fourth-order valence-electron chi connectivity index (χ4n) is 3.43. The van der Waals surface area contributed by atoms with Crippen LogP contribution in [0.1, 0.15) is 12.1 Å². The molecule has 0 atom stereocenters. The number of aryl methyl sites for hydroxylation is 1. The van der Waals surface area contributed by atoms with Crippen LogP contribution >= 0.6 is 0 Å². The van der Waals surface area contributed by atoms with E-state index in [9.17, 15) is 0 Å². The number of nitrogens with one attached hydrogen (secondary N) is 2. The molecule has 144 valence electrons. The molecule has 3 heterocycles. The molecule has 0 amide bonds. The van der Waals surface area contributed by atoms with E-state index in [-0.39, 0.29) is 0 Å². The maximum Gasteiger partial charge on any atom is 0.190 e. The third kappa shape index (κ3) is 4.17. The smallest absolute Gasteiger partial charge is 0.190 e. The molecular formula is C22H26N6. The number of hydrogen-bond donors (Lipinski definition) is 2. The Hall–Kier alpha value is -3.28. The molecule has 6 nitrogen and oxygen atoms in total. The Kier molecular flexibility index (Phi) is 5.56. The van der Waals surface area contributed by atoms with Crippen LogP contribution in [0.4, 0.5) is 0 Å². The number of aromatic nitrogens is 3. The first-order chi connectivity index (χ1) is 13.8. The molecule has 0 fully saturated rings. The fraction of sp³-hybridized carbons (Fsp3) is 0.273. The monoisotopic (exact) mass is 374 g/mol. The van der Waals surface area contributed by atoms with Crippen LogP contribution in [0.5, 0.6) is 0 Å². The predicted molar refractivity (Wildman–Crippen MR) is 115 cm³/mol. The number of benzene rings is 1. The summed E-state index contributed by atoms with van der Waals surface area (Å²) in [6.45, 7) is 2.66. The van der Waals surface area contributed by atoms with Gasteiger partial charge in [-0.2, -0.15) is 0 Å². The van der Waals surface area contributed by atoms with Gasteiger partial charge in [0.1, 0.15) is 5.65 Å². The molecule has 0 unspecified atom stereocenters. The Morgan fingerprint density at radius 3 is 2.75 bits per heavy atom. The molecule has 4 rings (SSSR count). The minimum absolute atomic E-state index is 0.797. The fourth-order valence-corrected chi connectivity index (χ4v) is 3.43. The number of hydrogen-bond acceptors (Lipinski definition) is 2. The van der Waals surface area contributed by atoms with Crippen LogP contribution < -0.4 is 10.6 Å². The summed E-state index contributed by atoms with van der Waals surface area (Å²) >= 11 is 0. The van der Waals surface area contributed by atoms with E-state index in [4.69, 9.17) is 0 Å². The molecule has 28 heavy (non-hydrogen) atoms. The van der Waals surface area contributed by atoms with Crippen molar-refractivity contribution >= 4 is 22.5 Å². The van der Waals surface area contributed by atoms with Crippen LogP contribution in [0.2, 0.25) is 0 Å². The first-order valence-electron chi connectivity index (χ1n) is 9.74. The van der Waals surface area contributed by atoms with Gasteiger partial charge in [-0.1, -0.05) is 24.3 Å². The molecule has 0 bridgehead atoms. The van der Waals surface area contributed by atoms with Gasteiger partial charge >= 0.3 is 0 Å². The number of rotatable bonds is 7. The first kappa shape index (κ1) is 18.1. The zero-order valence-corrected chi connectivity index (χ0v) is 16.2. The molecule has 0 aliphatic rings. The second-order valence-corrected chi connectivity index (χ2v) is 6.80. The minimum atomic E-state index is 0.797. The van der Waals surface area contributed by atoms with E-state index in [1.165, 1.54) is 10.9 Å². The second-order valence-electron chi connectivity index (χ2n) is 6.80. The van der Waals surface area contributed by atoms with Gasteiger partial charge in [-0.25, -0.2) is 4.98 Å². The largest absolute Gasteiger partial charge is 0.356 e. The van der Waals surface area contributed by atoms with E-state index < -0.39 is 0 Å². The number of para-hydroxylation sites is 1. The summed E-state index contributed by atoms with van der Waals surface area (Å²) < 4.78 is 4.35. The lowest BCUT2D eigenvalue weighted by molar-refractivity contribution is 0.640. The molecule has 2 N–H and O–H groups in total. The molecule has 3 aromatic heterocycles. The Bertz CT molecular complexity index is 1040. The Morgan fingerprint density at radius 1 is 1.00 bits per heavy atom. The molecule has 0 spiro atoms. The highest BCUT2D eigenvalue weighted by molar-refractivity contribution is 5.80. The lowest BCUT2D eigenvalue weighted by atomic mass is 10.2. The number of nitrogens with zero attached hydrogens (tertiary/aromatic N) is 4. The van der Waals surface area contributed by atoms with Gasteiger partial charge in [0.25, 0.3) is 0 Å². The third-order valence-electron chi connectivity index (χ3n) is 4.86. The quantitative estimate of drug-likeness (QED) is 0.297. The minimum Gasteiger partial charge on any atom is -0.356 e. The van der Waals surface area contributed by atoms with Crippen molar-refractivity contribution < 1.29 is 0 Å². The van der Waals surface area contributed by atoms with Gasteiger partial charge in [-0.05, 0) is 36.1 Å². The first-order valence-corrected chi connectivity index (χ1v) is 9.74. The lowest BCUT2D eigenvalue weighted by Gasteiger charge is -2.12. The van der Waals surface area contributed by atoms with Gasteiger partial charge in [0.2, 0.25) is 0 Å². The van der Waals surface area contributed by atoms with Crippen LogP contribution in [0.25, 0.3) is 16.6 Å². The van der Waals surface area contributed by atoms with Crippen molar-refractivity contribution in [2.75, 3.05) is 20.1 Å². The number of pyridine rings is 1. The number of fused-ring (bicyclic) bond motifs is 2. The zero-order chi connectivity index (χ0) is 19.2. The van der Waals surface area contributed by atoms with Crippen LogP contribution in [0.3, 0.4) is 0 Å². The summed E-state index contributed by atoms with van der Waals surface area (Å²) in [6, 6.07) is 16.7. The third-order valence-corrected chi connectivity index (χ3v) is 4.86. The van der Waals surface area contributed by atoms with Crippen molar-refractivity contribution in [3.05, 3.63) is 72.8 Å². The topological polar surface area (TPSA) is 58.7 Å². The van der Waals surface area contributed by atoms with Gasteiger partial charge in [0.05, 0.1) is 5.69 Å². The number of imidazole rings is 1. The zero-order valence-electron chi connectivity index (χ0n) is 16.2. The van der Waals surface area contributed by atoms with Crippen molar-refractivity contribution in [2.24, 2.45) is 4.99 Å². The van der Waals surface area contributed by atoms with E-state index in [1.807, 2.05) is 28.8 Å². The van der Waals surface area contributed by atoms with Gasteiger partial charge in [0.15, 0.2) is 5.96 Å². The standard InChI is InChI=1S/C22H26N6/c1-23-22(25-13-10-19-17-28-14-5-4-9-21(28)26-19)24-12-6-15-27-16-11-18-7-2-3-8-20(18)27/h2-5,7-9,11,14,16-17H,6,10,12-13,15H2,1H3,(H2,23,24,25). The highest BCUT2D eigenvalue weighted by Gasteiger charge is 2.03. The Morgan fingerprint density at radius 2 is 1.86 bits per heavy atom. The number of guanidine groups is 1. The summed E-state index contributed by atoms with van der Waals surface area (Å²) in [6.07, 6.45) is 8.15. The SMILES string of the molecule is CN=C(NCCCn1ccc2ccccc21)NCCc1cn2ccccc2n1. The Balaban J connectivity index is 1.20. The average molecular weight is 374 g/mol. The highest BCUT2D eigenvalue weighted by atomic mass is 15.2.